The van der Waals surface area contributed by atoms with Crippen molar-refractivity contribution in [2.75, 3.05) is 6.54 Å². The molecule has 1 aliphatic rings. The van der Waals surface area contributed by atoms with E-state index < -0.39 is 0 Å². The van der Waals surface area contributed by atoms with Gasteiger partial charge in [-0.15, -0.1) is 0 Å². The second-order valence-corrected chi connectivity index (χ2v) is 6.13. The molecule has 1 amide bonds. The molecule has 6 heteroatoms. The van der Waals surface area contributed by atoms with Gasteiger partial charge in [-0.3, -0.25) is 9.69 Å². The molecule has 1 heterocycles. The number of nitrogens with zero attached hydrogens (tertiary/aromatic N) is 1. The summed E-state index contributed by atoms with van der Waals surface area (Å²) in [5.74, 6) is -0.416. The summed E-state index contributed by atoms with van der Waals surface area (Å²) in [5.41, 5.74) is 0.764. The van der Waals surface area contributed by atoms with Crippen LogP contribution in [0.15, 0.2) is 27.6 Å². The Hall–Kier alpha value is -0.720. The summed E-state index contributed by atoms with van der Waals surface area (Å²) in [4.78, 5) is 14.1. The van der Waals surface area contributed by atoms with Gasteiger partial charge in [-0.25, -0.2) is 4.39 Å². The van der Waals surface area contributed by atoms with Gasteiger partial charge in [-0.05, 0) is 46.6 Å². The monoisotopic (exact) mass is 345 g/mol. The van der Waals surface area contributed by atoms with Gasteiger partial charge < -0.3 is 0 Å². The minimum atomic E-state index is -0.326. The molecule has 0 bridgehead atoms. The Morgan fingerprint density at radius 1 is 1.56 bits per heavy atom. The van der Waals surface area contributed by atoms with Crippen LogP contribution in [0.25, 0.3) is 6.08 Å². The van der Waals surface area contributed by atoms with E-state index in [0.29, 0.717) is 20.2 Å². The summed E-state index contributed by atoms with van der Waals surface area (Å²) in [6, 6.07) is 4.61. The fraction of sp³-hybridized carbons (Fsp3) is 0.167. The molecule has 0 N–H and O–H groups in total. The predicted octanol–water partition coefficient (Wildman–Crippen LogP) is 3.81. The molecule has 0 saturated carbocycles. The van der Waals surface area contributed by atoms with Gasteiger partial charge in [0.1, 0.15) is 10.1 Å². The first-order chi connectivity index (χ1) is 8.52. The largest absolute Gasteiger partial charge is 0.293 e. The first-order valence-corrected chi connectivity index (χ1v) is 7.25. The third-order valence-electron chi connectivity index (χ3n) is 2.43. The van der Waals surface area contributed by atoms with Crippen molar-refractivity contribution in [1.29, 1.82) is 0 Å². The van der Waals surface area contributed by atoms with Crippen molar-refractivity contribution >= 4 is 56.2 Å². The highest BCUT2D eigenvalue weighted by Gasteiger charge is 2.30. The van der Waals surface area contributed by atoms with E-state index in [1.54, 1.807) is 23.1 Å². The fourth-order valence-electron chi connectivity index (χ4n) is 1.53. The van der Waals surface area contributed by atoms with E-state index >= 15 is 0 Å². The molecule has 1 aliphatic heterocycles. The first-order valence-electron chi connectivity index (χ1n) is 5.23. The number of thiocarbonyl (C=S) groups is 1. The maximum Gasteiger partial charge on any atom is 0.266 e. The molecule has 18 heavy (non-hydrogen) atoms. The predicted molar refractivity (Wildman–Crippen MR) is 79.7 cm³/mol. The van der Waals surface area contributed by atoms with Gasteiger partial charge in [-0.2, -0.15) is 0 Å². The number of benzene rings is 1. The molecule has 0 aromatic heterocycles. The number of likely N-dealkylation sites (N-methyl/N-ethyl adjacent to an activating group) is 1. The summed E-state index contributed by atoms with van der Waals surface area (Å²) in [6.45, 7) is 2.44. The lowest BCUT2D eigenvalue weighted by Gasteiger charge is -2.09. The van der Waals surface area contributed by atoms with Gasteiger partial charge >= 0.3 is 0 Å². The summed E-state index contributed by atoms with van der Waals surface area (Å²) in [6.07, 6.45) is 1.72. The molecule has 1 aromatic carbocycles. The van der Waals surface area contributed by atoms with Crippen LogP contribution in [-0.4, -0.2) is 21.7 Å². The molecular formula is C12H9BrFNOS2. The third kappa shape index (κ3) is 2.65. The van der Waals surface area contributed by atoms with E-state index in [1.807, 2.05) is 6.92 Å². The highest BCUT2D eigenvalue weighted by Crippen LogP contribution is 2.32. The third-order valence-corrected chi connectivity index (χ3v) is 4.42. The number of amides is 1. The van der Waals surface area contributed by atoms with Crippen LogP contribution in [0.2, 0.25) is 0 Å². The van der Waals surface area contributed by atoms with Gasteiger partial charge in [0.15, 0.2) is 0 Å². The fourth-order valence-corrected chi connectivity index (χ4v) is 3.31. The van der Waals surface area contributed by atoms with Gasteiger partial charge in [-0.1, -0.05) is 30.0 Å². The van der Waals surface area contributed by atoms with Crippen LogP contribution in [0, 0.1) is 5.82 Å². The van der Waals surface area contributed by atoms with Gasteiger partial charge in [0, 0.05) is 6.54 Å². The van der Waals surface area contributed by atoms with E-state index in [4.69, 9.17) is 12.2 Å². The van der Waals surface area contributed by atoms with Gasteiger partial charge in [0.05, 0.1) is 9.38 Å². The van der Waals surface area contributed by atoms with Crippen LogP contribution in [-0.2, 0) is 4.79 Å². The number of carbonyl (C=O) groups excluding carboxylic acids is 1. The molecule has 1 aromatic rings. The molecule has 0 unspecified atom stereocenters. The second kappa shape index (κ2) is 5.50. The molecule has 0 spiro atoms. The zero-order chi connectivity index (χ0) is 13.3. The lowest BCUT2D eigenvalue weighted by atomic mass is 10.2. The van der Waals surface area contributed by atoms with Crippen LogP contribution in [0.3, 0.4) is 0 Å². The number of carbonyl (C=O) groups is 1. The van der Waals surface area contributed by atoms with E-state index in [9.17, 15) is 9.18 Å². The summed E-state index contributed by atoms with van der Waals surface area (Å²) in [5, 5.41) is 0. The molecule has 0 radical (unpaired) electrons. The van der Waals surface area contributed by atoms with E-state index in [2.05, 4.69) is 15.9 Å². The van der Waals surface area contributed by atoms with Crippen LogP contribution in [0.5, 0.6) is 0 Å². The number of hydrogen-bond donors (Lipinski definition) is 0. The maximum atomic E-state index is 13.1. The van der Waals surface area contributed by atoms with Crippen molar-refractivity contribution in [3.8, 4) is 0 Å². The van der Waals surface area contributed by atoms with Crippen LogP contribution in [0.1, 0.15) is 12.5 Å². The topological polar surface area (TPSA) is 20.3 Å². The minimum Gasteiger partial charge on any atom is -0.293 e. The van der Waals surface area contributed by atoms with Gasteiger partial charge in [0.2, 0.25) is 0 Å². The zero-order valence-corrected chi connectivity index (χ0v) is 12.7. The van der Waals surface area contributed by atoms with Crippen LogP contribution < -0.4 is 0 Å². The highest BCUT2D eigenvalue weighted by molar-refractivity contribution is 9.10. The van der Waals surface area contributed by atoms with E-state index in [-0.39, 0.29) is 11.7 Å². The Morgan fingerprint density at radius 3 is 2.83 bits per heavy atom. The lowest BCUT2D eigenvalue weighted by Crippen LogP contribution is -2.27. The molecule has 1 fully saturated rings. The Labute approximate surface area is 122 Å². The first kappa shape index (κ1) is 13.7. The molecule has 2 nitrogen and oxygen atoms in total. The second-order valence-electron chi connectivity index (χ2n) is 3.60. The van der Waals surface area contributed by atoms with Crippen molar-refractivity contribution in [1.82, 2.24) is 4.90 Å². The zero-order valence-electron chi connectivity index (χ0n) is 9.44. The van der Waals surface area contributed by atoms with Crippen LogP contribution in [0.4, 0.5) is 4.39 Å². The average Bonchev–Trinajstić information content (AvgIpc) is 2.59. The number of thioether (sulfide) groups is 1. The van der Waals surface area contributed by atoms with E-state index in [0.717, 1.165) is 5.56 Å². The van der Waals surface area contributed by atoms with Crippen molar-refractivity contribution in [3.05, 3.63) is 39.0 Å². The summed E-state index contributed by atoms with van der Waals surface area (Å²) in [7, 11) is 0. The van der Waals surface area contributed by atoms with Crippen molar-refractivity contribution < 1.29 is 9.18 Å². The summed E-state index contributed by atoms with van der Waals surface area (Å²) < 4.78 is 14.0. The number of rotatable bonds is 2. The molecular weight excluding hydrogens is 337 g/mol. The Kier molecular flexibility index (Phi) is 4.19. The minimum absolute atomic E-state index is 0.0899. The highest BCUT2D eigenvalue weighted by atomic mass is 79.9. The molecule has 0 atom stereocenters. The Morgan fingerprint density at radius 2 is 2.28 bits per heavy atom. The Bertz CT molecular complexity index is 559. The van der Waals surface area contributed by atoms with Crippen LogP contribution >= 0.6 is 39.9 Å². The number of halogens is 2. The number of hydrogen-bond acceptors (Lipinski definition) is 3. The molecule has 1 saturated heterocycles. The molecule has 2 rings (SSSR count). The molecule has 0 aliphatic carbocycles. The molecule has 94 valence electrons. The normalized spacial score (nSPS) is 17.9. The van der Waals surface area contributed by atoms with E-state index in [1.165, 1.54) is 17.8 Å². The average molecular weight is 346 g/mol. The SMILES string of the molecule is CCN1C(=O)/C(=C\c2ccc(F)c(Br)c2)SC1=S. The Balaban J connectivity index is 2.32. The smallest absolute Gasteiger partial charge is 0.266 e. The van der Waals surface area contributed by atoms with Crippen molar-refractivity contribution in [2.45, 2.75) is 6.92 Å². The lowest BCUT2D eigenvalue weighted by molar-refractivity contribution is -0.121. The standard InChI is InChI=1S/C12H9BrFNOS2/c1-2-15-11(16)10(18-12(15)17)6-7-3-4-9(14)8(13)5-7/h3-6H,2H2,1H3/b10-6+. The van der Waals surface area contributed by atoms with Gasteiger partial charge in [0.25, 0.3) is 5.91 Å². The summed E-state index contributed by atoms with van der Waals surface area (Å²) >= 11 is 9.50. The van der Waals surface area contributed by atoms with Crippen molar-refractivity contribution in [2.24, 2.45) is 0 Å². The van der Waals surface area contributed by atoms with Crippen molar-refractivity contribution in [3.63, 3.8) is 0 Å². The quantitative estimate of drug-likeness (QED) is 0.600. The maximum absolute atomic E-state index is 13.1.